The van der Waals surface area contributed by atoms with Gasteiger partial charge in [0.05, 0.1) is 25.0 Å². The van der Waals surface area contributed by atoms with Crippen LogP contribution in [0.2, 0.25) is 0 Å². The van der Waals surface area contributed by atoms with E-state index in [2.05, 4.69) is 21.0 Å². The topological polar surface area (TPSA) is 53.1 Å². The van der Waals surface area contributed by atoms with Gasteiger partial charge in [0.1, 0.15) is 4.60 Å². The minimum atomic E-state index is 0.639. The van der Waals surface area contributed by atoms with Gasteiger partial charge in [-0.05, 0) is 15.9 Å². The second-order valence-corrected chi connectivity index (χ2v) is 2.86. The number of rotatable bonds is 3. The number of halogens is 1. The van der Waals surface area contributed by atoms with Gasteiger partial charge in [-0.25, -0.2) is 0 Å². The van der Waals surface area contributed by atoms with Gasteiger partial charge in [0.15, 0.2) is 0 Å². The summed E-state index contributed by atoms with van der Waals surface area (Å²) < 4.78 is 7.45. The lowest BCUT2D eigenvalue weighted by molar-refractivity contribution is 0.183. The van der Waals surface area contributed by atoms with Gasteiger partial charge in [-0.15, -0.1) is 0 Å². The zero-order chi connectivity index (χ0) is 8.27. The molecular weight excluding hydrogens is 210 g/mol. The van der Waals surface area contributed by atoms with Crippen LogP contribution in [0, 0.1) is 0 Å². The van der Waals surface area contributed by atoms with Crippen LogP contribution in [-0.4, -0.2) is 23.5 Å². The minimum absolute atomic E-state index is 0.639. The van der Waals surface area contributed by atoms with E-state index in [0.29, 0.717) is 18.8 Å². The van der Waals surface area contributed by atoms with E-state index in [0.717, 1.165) is 4.60 Å². The zero-order valence-corrected chi connectivity index (χ0v) is 7.84. The molecule has 0 saturated heterocycles. The number of nitrogen functional groups attached to an aromatic ring is 1. The quantitative estimate of drug-likeness (QED) is 0.822. The normalized spacial score (nSPS) is 10.4. The fourth-order valence-electron chi connectivity index (χ4n) is 0.719. The molecule has 11 heavy (non-hydrogen) atoms. The molecule has 0 aromatic carbocycles. The van der Waals surface area contributed by atoms with E-state index in [1.807, 2.05) is 0 Å². The van der Waals surface area contributed by atoms with E-state index >= 15 is 0 Å². The Bertz CT molecular complexity index is 236. The number of nitrogens with zero attached hydrogens (tertiary/aromatic N) is 2. The molecule has 0 aliphatic rings. The highest BCUT2D eigenvalue weighted by Gasteiger charge is 2.02. The predicted octanol–water partition coefficient (Wildman–Crippen LogP) is 0.874. The standard InChI is InChI=1S/C6H10BrN3O/c1-11-3-2-10-6(7)5(8)4-9-10/h4H,2-3,8H2,1H3. The van der Waals surface area contributed by atoms with Crippen LogP contribution in [0.1, 0.15) is 0 Å². The summed E-state index contributed by atoms with van der Waals surface area (Å²) in [5.41, 5.74) is 6.20. The first kappa shape index (κ1) is 8.55. The monoisotopic (exact) mass is 219 g/mol. The molecule has 1 aromatic heterocycles. The van der Waals surface area contributed by atoms with Crippen LogP contribution in [0.5, 0.6) is 0 Å². The number of anilines is 1. The second kappa shape index (κ2) is 3.73. The molecule has 0 bridgehead atoms. The molecule has 5 heteroatoms. The van der Waals surface area contributed by atoms with Crippen LogP contribution in [0.15, 0.2) is 10.8 Å². The average Bonchev–Trinajstić information content (AvgIpc) is 2.31. The third-order valence-electron chi connectivity index (χ3n) is 1.31. The largest absolute Gasteiger partial charge is 0.395 e. The van der Waals surface area contributed by atoms with E-state index in [4.69, 9.17) is 10.5 Å². The van der Waals surface area contributed by atoms with E-state index in [1.165, 1.54) is 0 Å². The highest BCUT2D eigenvalue weighted by Crippen LogP contribution is 2.17. The lowest BCUT2D eigenvalue weighted by atomic mass is 10.6. The Morgan fingerprint density at radius 3 is 3.00 bits per heavy atom. The molecular formula is C6H10BrN3O. The molecule has 1 heterocycles. The van der Waals surface area contributed by atoms with Gasteiger partial charge in [0.2, 0.25) is 0 Å². The Labute approximate surface area is 73.5 Å². The van der Waals surface area contributed by atoms with Crippen molar-refractivity contribution in [2.24, 2.45) is 0 Å². The first-order valence-corrected chi connectivity index (χ1v) is 4.00. The first-order valence-electron chi connectivity index (χ1n) is 3.21. The summed E-state index contributed by atoms with van der Waals surface area (Å²) in [5, 5.41) is 4.02. The Balaban J connectivity index is 2.63. The van der Waals surface area contributed by atoms with Crippen LogP contribution in [0.3, 0.4) is 0 Å². The van der Waals surface area contributed by atoms with Crippen molar-refractivity contribution in [3.05, 3.63) is 10.8 Å². The van der Waals surface area contributed by atoms with Crippen molar-refractivity contribution in [1.82, 2.24) is 9.78 Å². The van der Waals surface area contributed by atoms with Crippen molar-refractivity contribution in [1.29, 1.82) is 0 Å². The van der Waals surface area contributed by atoms with Gasteiger partial charge in [-0.2, -0.15) is 5.10 Å². The van der Waals surface area contributed by atoms with Crippen molar-refractivity contribution in [2.45, 2.75) is 6.54 Å². The zero-order valence-electron chi connectivity index (χ0n) is 6.25. The van der Waals surface area contributed by atoms with Crippen LogP contribution in [-0.2, 0) is 11.3 Å². The minimum Gasteiger partial charge on any atom is -0.395 e. The van der Waals surface area contributed by atoms with Gasteiger partial charge in [0.25, 0.3) is 0 Å². The van der Waals surface area contributed by atoms with E-state index in [9.17, 15) is 0 Å². The molecule has 62 valence electrons. The van der Waals surface area contributed by atoms with Gasteiger partial charge in [-0.3, -0.25) is 4.68 Å². The fraction of sp³-hybridized carbons (Fsp3) is 0.500. The third-order valence-corrected chi connectivity index (χ3v) is 2.18. The summed E-state index contributed by atoms with van der Waals surface area (Å²) >= 11 is 3.30. The number of nitrogens with two attached hydrogens (primary N) is 1. The number of hydrogen-bond acceptors (Lipinski definition) is 3. The van der Waals surface area contributed by atoms with E-state index in [1.54, 1.807) is 18.0 Å². The van der Waals surface area contributed by atoms with Crippen molar-refractivity contribution in [3.63, 3.8) is 0 Å². The third kappa shape index (κ3) is 1.94. The molecule has 4 nitrogen and oxygen atoms in total. The Hall–Kier alpha value is -0.550. The van der Waals surface area contributed by atoms with E-state index in [-0.39, 0.29) is 0 Å². The fourth-order valence-corrected chi connectivity index (χ4v) is 1.09. The summed E-state index contributed by atoms with van der Waals surface area (Å²) in [6.07, 6.45) is 1.61. The Morgan fingerprint density at radius 1 is 1.82 bits per heavy atom. The number of ether oxygens (including phenoxy) is 1. The highest BCUT2D eigenvalue weighted by molar-refractivity contribution is 9.10. The van der Waals surface area contributed by atoms with E-state index < -0.39 is 0 Å². The average molecular weight is 220 g/mol. The van der Waals surface area contributed by atoms with Crippen molar-refractivity contribution < 1.29 is 4.74 Å². The van der Waals surface area contributed by atoms with Gasteiger partial charge >= 0.3 is 0 Å². The summed E-state index contributed by atoms with van der Waals surface area (Å²) in [4.78, 5) is 0. The molecule has 0 saturated carbocycles. The van der Waals surface area contributed by atoms with Crippen LogP contribution in [0.4, 0.5) is 5.69 Å². The Morgan fingerprint density at radius 2 is 2.55 bits per heavy atom. The maximum absolute atomic E-state index is 5.54. The smallest absolute Gasteiger partial charge is 0.127 e. The number of aromatic nitrogens is 2. The molecule has 0 aliphatic carbocycles. The molecule has 0 fully saturated rings. The van der Waals surface area contributed by atoms with Crippen molar-refractivity contribution >= 4 is 21.6 Å². The van der Waals surface area contributed by atoms with Gasteiger partial charge in [0, 0.05) is 7.11 Å². The highest BCUT2D eigenvalue weighted by atomic mass is 79.9. The maximum Gasteiger partial charge on any atom is 0.127 e. The van der Waals surface area contributed by atoms with Crippen LogP contribution >= 0.6 is 15.9 Å². The first-order chi connectivity index (χ1) is 5.25. The molecule has 0 atom stereocenters. The Kier molecular flexibility index (Phi) is 2.90. The predicted molar refractivity (Wildman–Crippen MR) is 46.2 cm³/mol. The molecule has 0 unspecified atom stereocenters. The lowest BCUT2D eigenvalue weighted by Crippen LogP contribution is -2.05. The molecule has 1 aromatic rings. The molecule has 0 aliphatic heterocycles. The van der Waals surface area contributed by atoms with Crippen molar-refractivity contribution in [3.8, 4) is 0 Å². The van der Waals surface area contributed by atoms with Crippen LogP contribution in [0.25, 0.3) is 0 Å². The summed E-state index contributed by atoms with van der Waals surface area (Å²) in [6.45, 7) is 1.36. The molecule has 0 radical (unpaired) electrons. The molecule has 0 amide bonds. The van der Waals surface area contributed by atoms with Crippen LogP contribution < -0.4 is 5.73 Å². The SMILES string of the molecule is COCCn1ncc(N)c1Br. The molecule has 2 N–H and O–H groups in total. The van der Waals surface area contributed by atoms with Crippen molar-refractivity contribution in [2.75, 3.05) is 19.5 Å². The second-order valence-electron chi connectivity index (χ2n) is 2.11. The maximum atomic E-state index is 5.54. The number of hydrogen-bond donors (Lipinski definition) is 1. The number of methoxy groups -OCH3 is 1. The van der Waals surface area contributed by atoms with Gasteiger partial charge in [-0.1, -0.05) is 0 Å². The summed E-state index contributed by atoms with van der Waals surface area (Å²) in [7, 11) is 1.65. The summed E-state index contributed by atoms with van der Waals surface area (Å²) in [6, 6.07) is 0. The van der Waals surface area contributed by atoms with Gasteiger partial charge < -0.3 is 10.5 Å². The lowest BCUT2D eigenvalue weighted by Gasteiger charge is -2.00. The summed E-state index contributed by atoms with van der Waals surface area (Å²) in [5.74, 6) is 0. The molecule has 1 rings (SSSR count). The molecule has 0 spiro atoms.